The number of aromatic nitrogens is 6. The maximum atomic E-state index is 15.6. The number of methoxy groups -OCH3 is 1. The molecule has 31 heavy (non-hydrogen) atoms. The molecule has 3 unspecified atom stereocenters. The van der Waals surface area contributed by atoms with Crippen molar-refractivity contribution in [2.24, 2.45) is 0 Å². The molecule has 3 atom stereocenters. The second kappa shape index (κ2) is 7.20. The standard InChI is InChI=1S/C22H28FN7O/c1-5-6-17-18(24-14-29-20(17)26-19(27-29)12-31-4)11-16-8-10-25-30(16)22-13-21(22,23)9-7-15(2)28(22)3/h7-10,14-15H,5-6,11-13H2,1-4H3. The minimum atomic E-state index is -1.39. The van der Waals surface area contributed by atoms with E-state index in [1.165, 1.54) is 0 Å². The molecular formula is C22H28FN7O. The van der Waals surface area contributed by atoms with Crippen molar-refractivity contribution in [2.45, 2.75) is 63.5 Å². The summed E-state index contributed by atoms with van der Waals surface area (Å²) in [6, 6.07) is 2.11. The van der Waals surface area contributed by atoms with Crippen LogP contribution in [0.3, 0.4) is 0 Å². The van der Waals surface area contributed by atoms with Gasteiger partial charge in [0, 0.05) is 43.4 Å². The maximum absolute atomic E-state index is 15.6. The van der Waals surface area contributed by atoms with Gasteiger partial charge in [0.25, 0.3) is 0 Å². The third-order valence-corrected chi connectivity index (χ3v) is 6.69. The summed E-state index contributed by atoms with van der Waals surface area (Å²) < 4.78 is 24.3. The van der Waals surface area contributed by atoms with Gasteiger partial charge in [-0.15, -0.1) is 5.10 Å². The van der Waals surface area contributed by atoms with Gasteiger partial charge in [0.2, 0.25) is 0 Å². The number of halogens is 1. The van der Waals surface area contributed by atoms with Gasteiger partial charge in [-0.2, -0.15) is 5.10 Å². The fourth-order valence-electron chi connectivity index (χ4n) is 4.89. The van der Waals surface area contributed by atoms with Gasteiger partial charge >= 0.3 is 0 Å². The van der Waals surface area contributed by atoms with Crippen LogP contribution in [-0.2, 0) is 29.8 Å². The van der Waals surface area contributed by atoms with E-state index in [1.54, 1.807) is 30.2 Å². The summed E-state index contributed by atoms with van der Waals surface area (Å²) in [6.07, 6.45) is 9.86. The smallest absolute Gasteiger partial charge is 0.177 e. The molecule has 1 aliphatic carbocycles. The molecule has 0 N–H and O–H groups in total. The van der Waals surface area contributed by atoms with Crippen LogP contribution in [0.4, 0.5) is 4.39 Å². The van der Waals surface area contributed by atoms with Gasteiger partial charge in [0.15, 0.2) is 22.8 Å². The van der Waals surface area contributed by atoms with Crippen molar-refractivity contribution in [3.8, 4) is 0 Å². The molecule has 0 aromatic carbocycles. The summed E-state index contributed by atoms with van der Waals surface area (Å²) in [5.41, 5.74) is 1.59. The monoisotopic (exact) mass is 425 g/mol. The zero-order chi connectivity index (χ0) is 21.8. The Labute approximate surface area is 180 Å². The zero-order valence-corrected chi connectivity index (χ0v) is 18.4. The van der Waals surface area contributed by atoms with E-state index in [4.69, 9.17) is 9.72 Å². The molecule has 8 nitrogen and oxygen atoms in total. The summed E-state index contributed by atoms with van der Waals surface area (Å²) in [5, 5.41) is 9.03. The first-order valence-corrected chi connectivity index (χ1v) is 10.8. The number of alkyl halides is 1. The Balaban J connectivity index is 1.54. The normalized spacial score (nSPS) is 27.7. The number of ether oxygens (including phenoxy) is 1. The van der Waals surface area contributed by atoms with Crippen LogP contribution in [0.1, 0.15) is 49.5 Å². The maximum Gasteiger partial charge on any atom is 0.177 e. The van der Waals surface area contributed by atoms with Gasteiger partial charge in [-0.1, -0.05) is 19.4 Å². The highest BCUT2D eigenvalue weighted by molar-refractivity contribution is 5.50. The van der Waals surface area contributed by atoms with Crippen LogP contribution in [0.2, 0.25) is 0 Å². The predicted octanol–water partition coefficient (Wildman–Crippen LogP) is 2.67. The van der Waals surface area contributed by atoms with Gasteiger partial charge in [-0.3, -0.25) is 4.90 Å². The lowest BCUT2D eigenvalue weighted by molar-refractivity contribution is 0.0525. The lowest BCUT2D eigenvalue weighted by Gasteiger charge is -2.37. The van der Waals surface area contributed by atoms with Gasteiger partial charge in [0.05, 0.1) is 5.69 Å². The van der Waals surface area contributed by atoms with E-state index in [1.807, 2.05) is 23.9 Å². The molecule has 1 saturated carbocycles. The van der Waals surface area contributed by atoms with Crippen LogP contribution in [-0.4, -0.2) is 60.1 Å². The largest absolute Gasteiger partial charge is 0.377 e. The fourth-order valence-corrected chi connectivity index (χ4v) is 4.89. The van der Waals surface area contributed by atoms with Crippen LogP contribution >= 0.6 is 0 Å². The van der Waals surface area contributed by atoms with Crippen molar-refractivity contribution in [1.82, 2.24) is 34.3 Å². The van der Waals surface area contributed by atoms with Gasteiger partial charge < -0.3 is 4.74 Å². The molecule has 3 aromatic rings. The van der Waals surface area contributed by atoms with E-state index in [0.29, 0.717) is 25.3 Å². The Hall–Kier alpha value is -2.65. The molecule has 0 saturated heterocycles. The summed E-state index contributed by atoms with van der Waals surface area (Å²) in [6.45, 7) is 4.57. The van der Waals surface area contributed by atoms with Crippen molar-refractivity contribution in [3.05, 3.63) is 53.5 Å². The Kier molecular flexibility index (Phi) is 4.71. The molecule has 0 spiro atoms. The second-order valence-corrected chi connectivity index (χ2v) is 8.63. The SMILES string of the molecule is CCCc1c(Cc2ccnn2C23CC2(F)C=CC(C)N3C)ncn2nc(COC)nc12. The number of likely N-dealkylation sites (N-methyl/N-ethyl adjacent to an activating group) is 1. The van der Waals surface area contributed by atoms with E-state index in [-0.39, 0.29) is 6.04 Å². The minimum absolute atomic E-state index is 0.142. The first-order chi connectivity index (χ1) is 14.9. The molecule has 164 valence electrons. The molecule has 0 radical (unpaired) electrons. The molecule has 9 heteroatoms. The van der Waals surface area contributed by atoms with Crippen LogP contribution in [0, 0.1) is 0 Å². The molecule has 3 aromatic heterocycles. The average molecular weight is 426 g/mol. The molecule has 4 heterocycles. The molecule has 0 bridgehead atoms. The van der Waals surface area contributed by atoms with Crippen molar-refractivity contribution in [2.75, 3.05) is 14.2 Å². The van der Waals surface area contributed by atoms with Crippen LogP contribution < -0.4 is 0 Å². The zero-order valence-electron chi connectivity index (χ0n) is 18.4. The summed E-state index contributed by atoms with van der Waals surface area (Å²) >= 11 is 0. The Morgan fingerprint density at radius 2 is 2.19 bits per heavy atom. The van der Waals surface area contributed by atoms with E-state index in [2.05, 4.69) is 33.9 Å². The fraction of sp³-hybridized carbons (Fsp3) is 0.545. The van der Waals surface area contributed by atoms with Crippen molar-refractivity contribution in [1.29, 1.82) is 0 Å². The van der Waals surface area contributed by atoms with Crippen LogP contribution in [0.25, 0.3) is 5.65 Å². The molecule has 1 aliphatic heterocycles. The summed E-state index contributed by atoms with van der Waals surface area (Å²) in [5.74, 6) is 0.632. The number of hydrogen-bond acceptors (Lipinski definition) is 6. The van der Waals surface area contributed by atoms with E-state index >= 15 is 4.39 Å². The quantitative estimate of drug-likeness (QED) is 0.542. The van der Waals surface area contributed by atoms with Crippen molar-refractivity contribution < 1.29 is 9.13 Å². The van der Waals surface area contributed by atoms with E-state index < -0.39 is 11.3 Å². The van der Waals surface area contributed by atoms with Gasteiger partial charge in [0.1, 0.15) is 12.9 Å². The van der Waals surface area contributed by atoms with Gasteiger partial charge in [-0.05, 0) is 32.5 Å². The molecule has 0 amide bonds. The topological polar surface area (TPSA) is 73.4 Å². The molecule has 5 rings (SSSR count). The predicted molar refractivity (Wildman–Crippen MR) is 113 cm³/mol. The highest BCUT2D eigenvalue weighted by atomic mass is 19.1. The summed E-state index contributed by atoms with van der Waals surface area (Å²) in [4.78, 5) is 11.5. The molecular weight excluding hydrogens is 397 g/mol. The molecule has 1 fully saturated rings. The first kappa shape index (κ1) is 20.3. The number of hydrogen-bond donors (Lipinski definition) is 0. The van der Waals surface area contributed by atoms with E-state index in [0.717, 1.165) is 35.4 Å². The molecule has 2 aliphatic rings. The Morgan fingerprint density at radius 1 is 1.35 bits per heavy atom. The lowest BCUT2D eigenvalue weighted by Crippen LogP contribution is -2.49. The average Bonchev–Trinajstić information content (AvgIpc) is 3.07. The highest BCUT2D eigenvalue weighted by Gasteiger charge is 2.74. The van der Waals surface area contributed by atoms with E-state index in [9.17, 15) is 0 Å². The number of rotatable bonds is 7. The number of nitrogens with zero attached hydrogens (tertiary/aromatic N) is 7. The van der Waals surface area contributed by atoms with Crippen molar-refractivity contribution in [3.63, 3.8) is 0 Å². The Morgan fingerprint density at radius 3 is 2.97 bits per heavy atom. The highest BCUT2D eigenvalue weighted by Crippen LogP contribution is 2.62. The first-order valence-electron chi connectivity index (χ1n) is 10.8. The number of aryl methyl sites for hydroxylation is 1. The van der Waals surface area contributed by atoms with Crippen molar-refractivity contribution >= 4 is 5.65 Å². The third-order valence-electron chi connectivity index (χ3n) is 6.69. The summed E-state index contributed by atoms with van der Waals surface area (Å²) in [7, 11) is 3.60. The number of fused-ring (bicyclic) bond motifs is 2. The van der Waals surface area contributed by atoms with Crippen LogP contribution in [0.15, 0.2) is 30.7 Å². The third kappa shape index (κ3) is 2.94. The Bertz CT molecular complexity index is 1150. The lowest BCUT2D eigenvalue weighted by atomic mass is 10.0. The van der Waals surface area contributed by atoms with Gasteiger partial charge in [-0.25, -0.2) is 23.6 Å². The second-order valence-electron chi connectivity index (χ2n) is 8.63. The van der Waals surface area contributed by atoms with Crippen LogP contribution in [0.5, 0.6) is 0 Å². The minimum Gasteiger partial charge on any atom is -0.377 e.